The van der Waals surface area contributed by atoms with Crippen LogP contribution >= 0.6 is 11.8 Å². The van der Waals surface area contributed by atoms with Gasteiger partial charge in [-0.15, -0.1) is 11.8 Å². The molecule has 2 amide bonds. The van der Waals surface area contributed by atoms with Crippen LogP contribution in [0.3, 0.4) is 0 Å². The zero-order chi connectivity index (χ0) is 25.5. The number of anilines is 2. The third kappa shape index (κ3) is 4.00. The number of rotatable bonds is 9. The molecular weight excluding hydrogens is 466 g/mol. The number of likely N-dealkylation sites (tertiary alicyclic amines) is 1. The third-order valence-electron chi connectivity index (χ3n) is 7.99. The summed E-state index contributed by atoms with van der Waals surface area (Å²) < 4.78 is 4.62. The van der Waals surface area contributed by atoms with E-state index in [0.29, 0.717) is 5.69 Å². The maximum absolute atomic E-state index is 13.9. The van der Waals surface area contributed by atoms with Gasteiger partial charge in [-0.25, -0.2) is 0 Å². The fraction of sp³-hybridized carbons (Fsp3) is 0.654. The second-order valence-corrected chi connectivity index (χ2v) is 11.3. The molecule has 2 bridgehead atoms. The van der Waals surface area contributed by atoms with Crippen LogP contribution in [0, 0.1) is 17.8 Å². The molecular formula is C26H37N3O5S. The summed E-state index contributed by atoms with van der Waals surface area (Å²) in [4.78, 5) is 44.3. The van der Waals surface area contributed by atoms with Gasteiger partial charge in [0.15, 0.2) is 0 Å². The van der Waals surface area contributed by atoms with Crippen molar-refractivity contribution in [2.45, 2.75) is 63.1 Å². The van der Waals surface area contributed by atoms with E-state index in [1.54, 1.807) is 25.6 Å². The van der Waals surface area contributed by atoms with Crippen molar-refractivity contribution >= 4 is 40.9 Å². The van der Waals surface area contributed by atoms with Gasteiger partial charge in [0.25, 0.3) is 0 Å². The van der Waals surface area contributed by atoms with E-state index in [4.69, 9.17) is 4.74 Å². The van der Waals surface area contributed by atoms with E-state index >= 15 is 0 Å². The molecule has 3 aliphatic rings. The van der Waals surface area contributed by atoms with E-state index in [0.717, 1.165) is 25.2 Å². The molecule has 0 radical (unpaired) electrons. The Morgan fingerprint density at radius 1 is 1.26 bits per heavy atom. The topological polar surface area (TPSA) is 99.2 Å². The standard InChI is InChI=1S/C26H37N3O5S/c1-6-28(7-2)18-11-9-17(10-12-18)27-23(31)22-26-15(4)13-19(35-26)20(25(33)34-8-3)21(26)24(32)29(22)16(5)14-30/h9-12,15-16,19-22,30H,6-8,13-14H2,1-5H3,(H,27,31)/t15?,16-,19-,20+,21+,22?,26?/m1/s1. The number of carbonyl (C=O) groups is 3. The van der Waals surface area contributed by atoms with Crippen LogP contribution in [0.5, 0.6) is 0 Å². The maximum atomic E-state index is 13.9. The summed E-state index contributed by atoms with van der Waals surface area (Å²) in [5, 5.41) is 12.9. The highest BCUT2D eigenvalue weighted by molar-refractivity contribution is 8.02. The zero-order valence-corrected chi connectivity index (χ0v) is 22.0. The van der Waals surface area contributed by atoms with Crippen molar-refractivity contribution in [3.05, 3.63) is 24.3 Å². The van der Waals surface area contributed by atoms with Crippen LogP contribution in [0.25, 0.3) is 0 Å². The molecule has 35 heavy (non-hydrogen) atoms. The summed E-state index contributed by atoms with van der Waals surface area (Å²) in [6.07, 6.45) is 0.752. The van der Waals surface area contributed by atoms with Crippen LogP contribution in [-0.4, -0.2) is 76.2 Å². The van der Waals surface area contributed by atoms with Gasteiger partial charge >= 0.3 is 5.97 Å². The Kier molecular flexibility index (Phi) is 7.38. The number of amides is 2. The molecule has 7 atom stereocenters. The SMILES string of the molecule is CCOC(=O)[C@@H]1[C@H]2C(=O)N([C@H](C)CO)C(C(=O)Nc3ccc(N(CC)CC)cc3)C23S[C@@H]1CC3C. The van der Waals surface area contributed by atoms with Crippen LogP contribution in [0.1, 0.15) is 41.0 Å². The summed E-state index contributed by atoms with van der Waals surface area (Å²) in [6, 6.07) is 6.38. The Hall–Kier alpha value is -2.26. The number of aliphatic hydroxyl groups is 1. The van der Waals surface area contributed by atoms with Gasteiger partial charge in [-0.05, 0) is 64.3 Å². The summed E-state index contributed by atoms with van der Waals surface area (Å²) >= 11 is 1.60. The highest BCUT2D eigenvalue weighted by atomic mass is 32.2. The maximum Gasteiger partial charge on any atom is 0.310 e. The van der Waals surface area contributed by atoms with E-state index in [2.05, 4.69) is 31.0 Å². The number of hydrogen-bond donors (Lipinski definition) is 2. The van der Waals surface area contributed by atoms with E-state index in [1.807, 2.05) is 24.3 Å². The summed E-state index contributed by atoms with van der Waals surface area (Å²) in [5.74, 6) is -2.00. The van der Waals surface area contributed by atoms with Crippen LogP contribution in [0.4, 0.5) is 11.4 Å². The van der Waals surface area contributed by atoms with Gasteiger partial charge < -0.3 is 25.0 Å². The normalized spacial score (nSPS) is 31.9. The molecule has 2 N–H and O–H groups in total. The number of thioether (sulfide) groups is 1. The second-order valence-electron chi connectivity index (χ2n) is 9.79. The molecule has 8 nitrogen and oxygen atoms in total. The highest BCUT2D eigenvalue weighted by Crippen LogP contribution is 2.68. The van der Waals surface area contributed by atoms with Crippen LogP contribution in [-0.2, 0) is 19.1 Å². The lowest BCUT2D eigenvalue weighted by atomic mass is 9.66. The van der Waals surface area contributed by atoms with Crippen LogP contribution in [0.2, 0.25) is 0 Å². The Balaban J connectivity index is 1.67. The lowest BCUT2D eigenvalue weighted by Crippen LogP contribution is -2.56. The number of fused-ring (bicyclic) bond motifs is 1. The van der Waals surface area contributed by atoms with Crippen LogP contribution < -0.4 is 10.2 Å². The summed E-state index contributed by atoms with van der Waals surface area (Å²) in [7, 11) is 0. The molecule has 192 valence electrons. The molecule has 3 heterocycles. The van der Waals surface area contributed by atoms with Crippen molar-refractivity contribution in [1.82, 2.24) is 4.90 Å². The van der Waals surface area contributed by atoms with E-state index in [1.165, 1.54) is 4.90 Å². The van der Waals surface area contributed by atoms with Crippen molar-refractivity contribution in [3.63, 3.8) is 0 Å². The lowest BCUT2D eigenvalue weighted by molar-refractivity contribution is -0.154. The van der Waals surface area contributed by atoms with Crippen molar-refractivity contribution in [3.8, 4) is 0 Å². The first-order chi connectivity index (χ1) is 16.7. The highest BCUT2D eigenvalue weighted by Gasteiger charge is 2.76. The number of benzene rings is 1. The Morgan fingerprint density at radius 3 is 2.49 bits per heavy atom. The molecule has 0 aliphatic carbocycles. The minimum Gasteiger partial charge on any atom is -0.466 e. The molecule has 3 saturated heterocycles. The van der Waals surface area contributed by atoms with Crippen LogP contribution in [0.15, 0.2) is 24.3 Å². The predicted molar refractivity (Wildman–Crippen MR) is 137 cm³/mol. The smallest absolute Gasteiger partial charge is 0.310 e. The Bertz CT molecular complexity index is 968. The first-order valence-corrected chi connectivity index (χ1v) is 13.6. The first kappa shape index (κ1) is 25.8. The van der Waals surface area contributed by atoms with E-state index in [9.17, 15) is 19.5 Å². The monoisotopic (exact) mass is 503 g/mol. The molecule has 3 aliphatic heterocycles. The predicted octanol–water partition coefficient (Wildman–Crippen LogP) is 2.75. The van der Waals surface area contributed by atoms with Crippen molar-refractivity contribution in [2.24, 2.45) is 17.8 Å². The van der Waals surface area contributed by atoms with Gasteiger partial charge in [-0.1, -0.05) is 6.92 Å². The molecule has 1 aromatic rings. The van der Waals surface area contributed by atoms with Crippen molar-refractivity contribution in [1.29, 1.82) is 0 Å². The minimum atomic E-state index is -0.783. The number of hydrogen-bond acceptors (Lipinski definition) is 7. The largest absolute Gasteiger partial charge is 0.466 e. The van der Waals surface area contributed by atoms with E-state index < -0.39 is 28.7 Å². The van der Waals surface area contributed by atoms with Gasteiger partial charge in [0.05, 0.1) is 35.8 Å². The summed E-state index contributed by atoms with van der Waals surface area (Å²) in [6.45, 7) is 11.5. The van der Waals surface area contributed by atoms with Gasteiger partial charge in [0.1, 0.15) is 6.04 Å². The molecule has 0 aromatic heterocycles. The average Bonchev–Trinajstić information content (AvgIpc) is 3.44. The lowest BCUT2D eigenvalue weighted by Gasteiger charge is -2.39. The minimum absolute atomic E-state index is 0.0479. The zero-order valence-electron chi connectivity index (χ0n) is 21.2. The molecule has 3 fully saturated rings. The number of esters is 1. The third-order valence-corrected chi connectivity index (χ3v) is 10.1. The first-order valence-electron chi connectivity index (χ1n) is 12.7. The number of ether oxygens (including phenoxy) is 1. The van der Waals surface area contributed by atoms with Gasteiger partial charge in [0.2, 0.25) is 11.8 Å². The van der Waals surface area contributed by atoms with Gasteiger partial charge in [-0.3, -0.25) is 14.4 Å². The van der Waals surface area contributed by atoms with Gasteiger partial charge in [-0.2, -0.15) is 0 Å². The average molecular weight is 504 g/mol. The number of aliphatic hydroxyl groups excluding tert-OH is 1. The Morgan fingerprint density at radius 2 is 1.91 bits per heavy atom. The fourth-order valence-corrected chi connectivity index (χ4v) is 8.78. The quantitative estimate of drug-likeness (QED) is 0.500. The summed E-state index contributed by atoms with van der Waals surface area (Å²) in [5.41, 5.74) is 1.73. The number of nitrogens with zero attached hydrogens (tertiary/aromatic N) is 2. The van der Waals surface area contributed by atoms with Gasteiger partial charge in [0, 0.05) is 29.7 Å². The Labute approximate surface area is 211 Å². The fourth-order valence-electron chi connectivity index (χ4n) is 6.38. The van der Waals surface area contributed by atoms with Crippen molar-refractivity contribution < 1.29 is 24.2 Å². The molecule has 9 heteroatoms. The molecule has 0 saturated carbocycles. The second kappa shape index (κ2) is 10.0. The van der Waals surface area contributed by atoms with E-state index in [-0.39, 0.29) is 42.2 Å². The number of carbonyl (C=O) groups excluding carboxylic acids is 3. The molecule has 1 spiro atoms. The van der Waals surface area contributed by atoms with Crippen molar-refractivity contribution in [2.75, 3.05) is 36.5 Å². The molecule has 1 aromatic carbocycles. The molecule has 4 rings (SSSR count). The number of nitrogens with one attached hydrogen (secondary N) is 1. The molecule has 3 unspecified atom stereocenters.